The molecule has 3 unspecified atom stereocenters. The Hall–Kier alpha value is -1.03. The fraction of sp³-hybridized carbons (Fsp3) is 0.880. The third kappa shape index (κ3) is 5.46. The van der Waals surface area contributed by atoms with Crippen molar-refractivity contribution in [3.05, 3.63) is 12.2 Å². The van der Waals surface area contributed by atoms with Gasteiger partial charge in [0.05, 0.1) is 56.4 Å². The van der Waals surface area contributed by atoms with Crippen molar-refractivity contribution in [1.29, 1.82) is 0 Å². The number of aliphatic hydroxyl groups is 1. The molecule has 0 aromatic carbocycles. The number of methoxy groups -OCH3 is 1. The standard InChI is InChI=1S/C25H40O8/c1-13-9-16(7-8-22(26)28-6)30-17(14(13)2)10-19-23(27)15(3)24-20(31-19)11-18-21(32-24)12-29-25(4,5)33-18/h13,15-21,23-24,27H,2,7-12H2,1,3-6H3/t13-,15-,16?,17?,18-,19+,20+,21-,23?,24+/m1/s1. The Kier molecular flexibility index (Phi) is 7.53. The van der Waals surface area contributed by atoms with E-state index < -0.39 is 11.9 Å². The van der Waals surface area contributed by atoms with Crippen LogP contribution < -0.4 is 0 Å². The van der Waals surface area contributed by atoms with Crippen molar-refractivity contribution in [1.82, 2.24) is 0 Å². The molecule has 188 valence electrons. The number of rotatable bonds is 5. The van der Waals surface area contributed by atoms with Gasteiger partial charge in [-0.2, -0.15) is 0 Å². The van der Waals surface area contributed by atoms with Crippen LogP contribution in [0.5, 0.6) is 0 Å². The monoisotopic (exact) mass is 468 g/mol. The van der Waals surface area contributed by atoms with Crippen LogP contribution in [0.4, 0.5) is 0 Å². The molecule has 33 heavy (non-hydrogen) atoms. The molecule has 10 atom stereocenters. The average Bonchev–Trinajstić information content (AvgIpc) is 2.77. The molecule has 4 rings (SSSR count). The maximum atomic E-state index is 11.6. The molecule has 4 fully saturated rings. The lowest BCUT2D eigenvalue weighted by Crippen LogP contribution is -2.63. The maximum Gasteiger partial charge on any atom is 0.305 e. The van der Waals surface area contributed by atoms with E-state index in [2.05, 4.69) is 13.5 Å². The number of carbonyl (C=O) groups excluding carboxylic acids is 1. The van der Waals surface area contributed by atoms with Gasteiger partial charge in [0.2, 0.25) is 0 Å². The van der Waals surface area contributed by atoms with Gasteiger partial charge >= 0.3 is 5.97 Å². The van der Waals surface area contributed by atoms with Gasteiger partial charge in [0.15, 0.2) is 5.79 Å². The van der Waals surface area contributed by atoms with Crippen LogP contribution in [0, 0.1) is 11.8 Å². The predicted octanol–water partition coefficient (Wildman–Crippen LogP) is 2.75. The van der Waals surface area contributed by atoms with Crippen LogP contribution in [0.1, 0.15) is 59.8 Å². The second kappa shape index (κ2) is 9.91. The van der Waals surface area contributed by atoms with Crippen LogP contribution in [-0.4, -0.2) is 79.4 Å². The van der Waals surface area contributed by atoms with Crippen molar-refractivity contribution in [3.63, 3.8) is 0 Å². The molecule has 8 nitrogen and oxygen atoms in total. The van der Waals surface area contributed by atoms with Gasteiger partial charge in [-0.1, -0.05) is 20.4 Å². The van der Waals surface area contributed by atoms with Gasteiger partial charge in [-0.25, -0.2) is 0 Å². The second-order valence-electron chi connectivity index (χ2n) is 10.6. The highest BCUT2D eigenvalue weighted by Gasteiger charge is 2.52. The Labute approximate surface area is 196 Å². The molecule has 0 spiro atoms. The normalized spacial score (nSPS) is 45.1. The van der Waals surface area contributed by atoms with Crippen molar-refractivity contribution < 1.29 is 38.3 Å². The highest BCUT2D eigenvalue weighted by atomic mass is 16.7. The molecule has 8 heteroatoms. The Morgan fingerprint density at radius 1 is 1.15 bits per heavy atom. The van der Waals surface area contributed by atoms with Crippen molar-refractivity contribution >= 4 is 5.97 Å². The SMILES string of the molecule is C=C1C(C[C@@H]2O[C@H]3C[C@H]4OC(C)(C)OC[C@H]4O[C@H]3[C@H](C)C2O)OC(CCC(=O)OC)C[C@H]1C. The van der Waals surface area contributed by atoms with Crippen LogP contribution >= 0.6 is 0 Å². The molecule has 0 saturated carbocycles. The van der Waals surface area contributed by atoms with Crippen molar-refractivity contribution in [2.24, 2.45) is 11.8 Å². The zero-order chi connectivity index (χ0) is 23.9. The van der Waals surface area contributed by atoms with E-state index in [-0.39, 0.29) is 60.5 Å². The molecule has 4 saturated heterocycles. The van der Waals surface area contributed by atoms with Crippen LogP contribution in [-0.2, 0) is 33.2 Å². The number of esters is 1. The van der Waals surface area contributed by atoms with Gasteiger partial charge in [0.25, 0.3) is 0 Å². The lowest BCUT2D eigenvalue weighted by Gasteiger charge is -2.53. The van der Waals surface area contributed by atoms with Crippen molar-refractivity contribution in [2.45, 2.75) is 114 Å². The lowest BCUT2D eigenvalue weighted by molar-refractivity contribution is -0.355. The van der Waals surface area contributed by atoms with E-state index in [4.69, 9.17) is 28.4 Å². The zero-order valence-corrected chi connectivity index (χ0v) is 20.5. The molecular weight excluding hydrogens is 428 g/mol. The molecule has 0 aliphatic carbocycles. The molecule has 0 aromatic rings. The number of carbonyl (C=O) groups is 1. The smallest absolute Gasteiger partial charge is 0.305 e. The summed E-state index contributed by atoms with van der Waals surface area (Å²) in [5.41, 5.74) is 1.02. The number of aliphatic hydroxyl groups excluding tert-OH is 1. The van der Waals surface area contributed by atoms with Gasteiger partial charge < -0.3 is 33.5 Å². The fourth-order valence-corrected chi connectivity index (χ4v) is 5.70. The molecule has 0 aromatic heterocycles. The van der Waals surface area contributed by atoms with Gasteiger partial charge in [-0.05, 0) is 38.2 Å². The Morgan fingerprint density at radius 2 is 1.91 bits per heavy atom. The Bertz CT molecular complexity index is 723. The van der Waals surface area contributed by atoms with Crippen molar-refractivity contribution in [2.75, 3.05) is 13.7 Å². The molecule has 1 N–H and O–H groups in total. The van der Waals surface area contributed by atoms with E-state index in [1.54, 1.807) is 0 Å². The van der Waals surface area contributed by atoms with E-state index in [9.17, 15) is 9.90 Å². The van der Waals surface area contributed by atoms with E-state index in [1.165, 1.54) is 7.11 Å². The summed E-state index contributed by atoms with van der Waals surface area (Å²) in [6.45, 7) is 12.7. The summed E-state index contributed by atoms with van der Waals surface area (Å²) < 4.78 is 35.7. The topological polar surface area (TPSA) is 92.7 Å². The molecule has 0 bridgehead atoms. The number of hydrogen-bond acceptors (Lipinski definition) is 8. The first-order valence-electron chi connectivity index (χ1n) is 12.3. The minimum atomic E-state index is -0.674. The van der Waals surface area contributed by atoms with Crippen LogP contribution in [0.2, 0.25) is 0 Å². The van der Waals surface area contributed by atoms with Gasteiger partial charge in [0, 0.05) is 25.2 Å². The Balaban J connectivity index is 1.40. The van der Waals surface area contributed by atoms with Crippen LogP contribution in [0.25, 0.3) is 0 Å². The van der Waals surface area contributed by atoms with Crippen LogP contribution in [0.15, 0.2) is 12.2 Å². The summed E-state index contributed by atoms with van der Waals surface area (Å²) in [5.74, 6) is -0.685. The van der Waals surface area contributed by atoms with E-state index >= 15 is 0 Å². The van der Waals surface area contributed by atoms with Gasteiger partial charge in [0.1, 0.15) is 6.10 Å². The molecule has 4 heterocycles. The second-order valence-corrected chi connectivity index (χ2v) is 10.6. The predicted molar refractivity (Wildman–Crippen MR) is 119 cm³/mol. The molecule has 0 amide bonds. The van der Waals surface area contributed by atoms with Gasteiger partial charge in [-0.3, -0.25) is 4.79 Å². The lowest BCUT2D eigenvalue weighted by atomic mass is 9.79. The highest BCUT2D eigenvalue weighted by Crippen LogP contribution is 2.42. The minimum absolute atomic E-state index is 0.0443. The third-order valence-electron chi connectivity index (χ3n) is 7.76. The number of fused-ring (bicyclic) bond motifs is 2. The zero-order valence-electron chi connectivity index (χ0n) is 20.5. The minimum Gasteiger partial charge on any atom is -0.469 e. The maximum absolute atomic E-state index is 11.6. The average molecular weight is 469 g/mol. The first-order valence-corrected chi connectivity index (χ1v) is 12.3. The van der Waals surface area contributed by atoms with E-state index in [0.717, 1.165) is 12.0 Å². The molecule has 4 aliphatic heterocycles. The molecule has 4 aliphatic rings. The summed E-state index contributed by atoms with van der Waals surface area (Å²) >= 11 is 0. The van der Waals surface area contributed by atoms with Crippen molar-refractivity contribution in [3.8, 4) is 0 Å². The first-order chi connectivity index (χ1) is 15.6. The Morgan fingerprint density at radius 3 is 2.64 bits per heavy atom. The largest absolute Gasteiger partial charge is 0.469 e. The van der Waals surface area contributed by atoms with Gasteiger partial charge in [-0.15, -0.1) is 0 Å². The quantitative estimate of drug-likeness (QED) is 0.486. The summed E-state index contributed by atoms with van der Waals surface area (Å²) in [6.07, 6.45) is 1.07. The number of ether oxygens (including phenoxy) is 6. The summed E-state index contributed by atoms with van der Waals surface area (Å²) in [5, 5.41) is 11.1. The molecular formula is C25H40O8. The van der Waals surface area contributed by atoms with E-state index in [0.29, 0.717) is 32.3 Å². The highest BCUT2D eigenvalue weighted by molar-refractivity contribution is 5.69. The summed E-state index contributed by atoms with van der Waals surface area (Å²) in [4.78, 5) is 11.6. The number of hydrogen-bond donors (Lipinski definition) is 1. The third-order valence-corrected chi connectivity index (χ3v) is 7.76. The summed E-state index contributed by atoms with van der Waals surface area (Å²) in [6, 6.07) is 0. The first kappa shape index (κ1) is 25.1. The van der Waals surface area contributed by atoms with E-state index in [1.807, 2.05) is 20.8 Å². The molecule has 0 radical (unpaired) electrons. The summed E-state index contributed by atoms with van der Waals surface area (Å²) in [7, 11) is 1.40. The van der Waals surface area contributed by atoms with Crippen LogP contribution in [0.3, 0.4) is 0 Å². The fourth-order valence-electron chi connectivity index (χ4n) is 5.70.